The van der Waals surface area contributed by atoms with Crippen LogP contribution in [0.2, 0.25) is 0 Å². The largest absolute Gasteiger partial charge is 0.368 e. The molecule has 1 aromatic heterocycles. The number of halogens is 1. The van der Waals surface area contributed by atoms with Crippen LogP contribution in [0.25, 0.3) is 0 Å². The third kappa shape index (κ3) is 5.15. The average Bonchev–Trinajstić information content (AvgIpc) is 2.68. The Hall–Kier alpha value is -2.70. The number of rotatable bonds is 6. The van der Waals surface area contributed by atoms with Gasteiger partial charge < -0.3 is 15.1 Å². The zero-order valence-electron chi connectivity index (χ0n) is 15.9. The highest BCUT2D eigenvalue weighted by Gasteiger charge is 2.19. The Morgan fingerprint density at radius 3 is 2.33 bits per heavy atom. The normalized spacial score (nSPS) is 14.5. The van der Waals surface area contributed by atoms with Gasteiger partial charge in [-0.15, -0.1) is 0 Å². The summed E-state index contributed by atoms with van der Waals surface area (Å²) in [6.45, 7) is 8.13. The molecule has 0 saturated carbocycles. The number of hydrogen-bond donors (Lipinski definition) is 1. The van der Waals surface area contributed by atoms with Crippen LogP contribution >= 0.6 is 0 Å². The zero-order valence-corrected chi connectivity index (χ0v) is 15.9. The van der Waals surface area contributed by atoms with E-state index in [0.29, 0.717) is 18.2 Å². The first-order valence-corrected chi connectivity index (χ1v) is 9.38. The van der Waals surface area contributed by atoms with Crippen molar-refractivity contribution in [3.8, 4) is 0 Å². The minimum absolute atomic E-state index is 0.184. The molecule has 0 spiro atoms. The number of carbonyl (C=O) groups is 1. The highest BCUT2D eigenvalue weighted by atomic mass is 19.1. The molecule has 0 atom stereocenters. The topological polar surface area (TPSA) is 61.4 Å². The minimum Gasteiger partial charge on any atom is -0.368 e. The van der Waals surface area contributed by atoms with Crippen molar-refractivity contribution >= 4 is 17.4 Å². The lowest BCUT2D eigenvalue weighted by Crippen LogP contribution is -2.46. The van der Waals surface area contributed by atoms with E-state index in [0.717, 1.165) is 44.1 Å². The lowest BCUT2D eigenvalue weighted by atomic mass is 10.1. The number of aromatic nitrogens is 2. The molecule has 2 aromatic rings. The number of piperazine rings is 1. The second-order valence-corrected chi connectivity index (χ2v) is 7.15. The van der Waals surface area contributed by atoms with Gasteiger partial charge >= 0.3 is 0 Å². The second kappa shape index (κ2) is 8.79. The lowest BCUT2D eigenvalue weighted by molar-refractivity contribution is 0.0946. The molecule has 0 unspecified atom stereocenters. The number of amides is 1. The first-order valence-electron chi connectivity index (χ1n) is 9.38. The molecule has 1 aliphatic heterocycles. The van der Waals surface area contributed by atoms with Crippen molar-refractivity contribution in [3.63, 3.8) is 0 Å². The van der Waals surface area contributed by atoms with Gasteiger partial charge in [0, 0.05) is 38.4 Å². The molecule has 1 amide bonds. The van der Waals surface area contributed by atoms with Crippen LogP contribution < -0.4 is 15.1 Å². The fraction of sp³-hybridized carbons (Fsp3) is 0.450. The van der Waals surface area contributed by atoms with Gasteiger partial charge in [-0.05, 0) is 36.6 Å². The molecule has 1 aliphatic rings. The van der Waals surface area contributed by atoms with E-state index in [2.05, 4.69) is 38.9 Å². The number of nitrogens with one attached hydrogen (secondary N) is 1. The highest BCUT2D eigenvalue weighted by Crippen LogP contribution is 2.19. The van der Waals surface area contributed by atoms with Crippen LogP contribution in [0.3, 0.4) is 0 Å². The van der Waals surface area contributed by atoms with Crippen LogP contribution in [0.5, 0.6) is 0 Å². The summed E-state index contributed by atoms with van der Waals surface area (Å²) in [5.41, 5.74) is 1.36. The summed E-state index contributed by atoms with van der Waals surface area (Å²) in [6, 6.07) is 6.57. The quantitative estimate of drug-likeness (QED) is 0.846. The maximum atomic E-state index is 13.1. The van der Waals surface area contributed by atoms with Crippen molar-refractivity contribution in [2.45, 2.75) is 20.3 Å². The molecule has 0 bridgehead atoms. The summed E-state index contributed by atoms with van der Waals surface area (Å²) in [7, 11) is 0. The van der Waals surface area contributed by atoms with Gasteiger partial charge in [0.25, 0.3) is 5.91 Å². The van der Waals surface area contributed by atoms with Crippen LogP contribution in [0, 0.1) is 11.7 Å². The molecule has 1 N–H and O–H groups in total. The maximum Gasteiger partial charge on any atom is 0.271 e. The van der Waals surface area contributed by atoms with E-state index in [1.54, 1.807) is 18.3 Å². The Balaban J connectivity index is 1.52. The maximum absolute atomic E-state index is 13.1. The Morgan fingerprint density at radius 2 is 1.74 bits per heavy atom. The number of carbonyl (C=O) groups excluding carboxylic acids is 1. The van der Waals surface area contributed by atoms with Gasteiger partial charge in [-0.1, -0.05) is 13.8 Å². The molecule has 1 fully saturated rings. The number of hydrogen-bond acceptors (Lipinski definition) is 5. The molecule has 27 heavy (non-hydrogen) atoms. The first-order chi connectivity index (χ1) is 13.0. The standard InChI is InChI=1S/C20H26FN5O/c1-15(2)7-8-22-20(27)18-13-24-19(14-23-18)26-11-9-25(10-12-26)17-5-3-16(21)4-6-17/h3-6,13-15H,7-12H2,1-2H3,(H,22,27). The van der Waals surface area contributed by atoms with Crippen molar-refractivity contribution < 1.29 is 9.18 Å². The molecule has 7 heteroatoms. The predicted molar refractivity (Wildman–Crippen MR) is 105 cm³/mol. The highest BCUT2D eigenvalue weighted by molar-refractivity contribution is 5.91. The van der Waals surface area contributed by atoms with E-state index >= 15 is 0 Å². The summed E-state index contributed by atoms with van der Waals surface area (Å²) in [6.07, 6.45) is 4.13. The third-order valence-electron chi connectivity index (χ3n) is 4.67. The van der Waals surface area contributed by atoms with Crippen LogP contribution in [-0.2, 0) is 0 Å². The van der Waals surface area contributed by atoms with Crippen LogP contribution in [-0.4, -0.2) is 48.6 Å². The van der Waals surface area contributed by atoms with Gasteiger partial charge in [-0.2, -0.15) is 0 Å². The molecule has 1 aromatic carbocycles. The summed E-state index contributed by atoms with van der Waals surface area (Å²) in [5.74, 6) is 0.914. The third-order valence-corrected chi connectivity index (χ3v) is 4.67. The smallest absolute Gasteiger partial charge is 0.271 e. The minimum atomic E-state index is -0.221. The van der Waals surface area contributed by atoms with Gasteiger partial charge in [0.15, 0.2) is 0 Å². The van der Waals surface area contributed by atoms with E-state index in [4.69, 9.17) is 0 Å². The van der Waals surface area contributed by atoms with Gasteiger partial charge in [0.2, 0.25) is 0 Å². The monoisotopic (exact) mass is 371 g/mol. The summed E-state index contributed by atoms with van der Waals surface area (Å²) in [4.78, 5) is 25.1. The summed E-state index contributed by atoms with van der Waals surface area (Å²) >= 11 is 0. The molecule has 6 nitrogen and oxygen atoms in total. The fourth-order valence-electron chi connectivity index (χ4n) is 3.01. The summed E-state index contributed by atoms with van der Waals surface area (Å²) < 4.78 is 13.1. The predicted octanol–water partition coefficient (Wildman–Crippen LogP) is 2.72. The van der Waals surface area contributed by atoms with E-state index < -0.39 is 0 Å². The van der Waals surface area contributed by atoms with Crippen LogP contribution in [0.15, 0.2) is 36.7 Å². The van der Waals surface area contributed by atoms with E-state index in [9.17, 15) is 9.18 Å². The molecule has 0 radical (unpaired) electrons. The van der Waals surface area contributed by atoms with Gasteiger partial charge in [-0.3, -0.25) is 4.79 Å². The average molecular weight is 371 g/mol. The molecular weight excluding hydrogens is 345 g/mol. The molecule has 0 aliphatic carbocycles. The Morgan fingerprint density at radius 1 is 1.07 bits per heavy atom. The summed E-state index contributed by atoms with van der Waals surface area (Å²) in [5, 5.41) is 2.87. The second-order valence-electron chi connectivity index (χ2n) is 7.15. The van der Waals surface area contributed by atoms with E-state index in [1.807, 2.05) is 0 Å². The SMILES string of the molecule is CC(C)CCNC(=O)c1cnc(N2CCN(c3ccc(F)cc3)CC2)cn1. The number of nitrogens with zero attached hydrogens (tertiary/aromatic N) is 4. The van der Waals surface area contributed by atoms with Crippen LogP contribution in [0.4, 0.5) is 15.9 Å². The van der Waals surface area contributed by atoms with Crippen LogP contribution in [0.1, 0.15) is 30.8 Å². The van der Waals surface area contributed by atoms with Crippen molar-refractivity contribution in [2.75, 3.05) is 42.5 Å². The molecule has 2 heterocycles. The lowest BCUT2D eigenvalue weighted by Gasteiger charge is -2.36. The molecule has 1 saturated heterocycles. The zero-order chi connectivity index (χ0) is 19.2. The van der Waals surface area contributed by atoms with Crippen molar-refractivity contribution in [3.05, 3.63) is 48.2 Å². The van der Waals surface area contributed by atoms with E-state index in [1.165, 1.54) is 18.3 Å². The first kappa shape index (κ1) is 19.1. The molecule has 144 valence electrons. The number of benzene rings is 1. The number of anilines is 2. The van der Waals surface area contributed by atoms with Gasteiger partial charge in [-0.25, -0.2) is 14.4 Å². The van der Waals surface area contributed by atoms with Crippen molar-refractivity contribution in [1.82, 2.24) is 15.3 Å². The van der Waals surface area contributed by atoms with Crippen molar-refractivity contribution in [1.29, 1.82) is 0 Å². The Labute approximate surface area is 159 Å². The Bertz CT molecular complexity index is 740. The molecular formula is C20H26FN5O. The van der Waals surface area contributed by atoms with E-state index in [-0.39, 0.29) is 11.7 Å². The van der Waals surface area contributed by atoms with Gasteiger partial charge in [0.05, 0.1) is 12.4 Å². The molecule has 3 rings (SSSR count). The van der Waals surface area contributed by atoms with Gasteiger partial charge in [0.1, 0.15) is 17.3 Å². The fourth-order valence-corrected chi connectivity index (χ4v) is 3.01. The van der Waals surface area contributed by atoms with Crippen molar-refractivity contribution in [2.24, 2.45) is 5.92 Å². The Kier molecular flexibility index (Phi) is 6.21.